The minimum Gasteiger partial charge on any atom is -0.480 e. The maximum absolute atomic E-state index is 10.6. The number of carboxylic acid groups (broad SMARTS) is 2. The Morgan fingerprint density at radius 1 is 1.17 bits per heavy atom. The number of aliphatic carboxylic acids is 1. The minimum absolute atomic E-state index is 0.220. The number of aromatic nitrogens is 2. The van der Waals surface area contributed by atoms with Gasteiger partial charge in [0.05, 0.1) is 5.56 Å². The summed E-state index contributed by atoms with van der Waals surface area (Å²) in [5, 5.41) is 18.1. The molecule has 0 bridgehead atoms. The Hall–Kier alpha value is -3.19. The minimum atomic E-state index is -0.972. The number of hydrogen-bond donors (Lipinski definition) is 4. The maximum atomic E-state index is 10.6. The van der Waals surface area contributed by atoms with E-state index in [0.717, 1.165) is 16.5 Å². The summed E-state index contributed by atoms with van der Waals surface area (Å²) in [7, 11) is 0. The van der Waals surface area contributed by atoms with E-state index in [9.17, 15) is 9.59 Å². The van der Waals surface area contributed by atoms with Gasteiger partial charge in [-0.2, -0.15) is 0 Å². The molecule has 0 saturated carbocycles. The van der Waals surface area contributed by atoms with Crippen LogP contribution in [0.3, 0.4) is 0 Å². The fourth-order valence-corrected chi connectivity index (χ4v) is 2.11. The van der Waals surface area contributed by atoms with Crippen molar-refractivity contribution in [2.24, 2.45) is 5.73 Å². The van der Waals surface area contributed by atoms with E-state index in [2.05, 4.69) is 9.97 Å². The van der Waals surface area contributed by atoms with Crippen molar-refractivity contribution in [2.75, 3.05) is 0 Å². The molecule has 0 unspecified atom stereocenters. The van der Waals surface area contributed by atoms with E-state index in [1.165, 1.54) is 18.5 Å². The quantitative estimate of drug-likeness (QED) is 0.579. The van der Waals surface area contributed by atoms with Crippen LogP contribution in [0.15, 0.2) is 55.0 Å². The van der Waals surface area contributed by atoms with Crippen molar-refractivity contribution >= 4 is 22.8 Å². The van der Waals surface area contributed by atoms with Gasteiger partial charge >= 0.3 is 11.9 Å². The number of aromatic amines is 1. The molecular weight excluding hydrogens is 310 g/mol. The topological polar surface area (TPSA) is 129 Å². The van der Waals surface area contributed by atoms with Crippen LogP contribution in [0.1, 0.15) is 15.9 Å². The van der Waals surface area contributed by atoms with Crippen molar-refractivity contribution < 1.29 is 19.8 Å². The number of H-pyrrole nitrogens is 1. The van der Waals surface area contributed by atoms with Crippen LogP contribution < -0.4 is 5.73 Å². The van der Waals surface area contributed by atoms with E-state index in [-0.39, 0.29) is 5.56 Å². The Kier molecular flexibility index (Phi) is 5.64. The molecule has 0 aliphatic heterocycles. The van der Waals surface area contributed by atoms with Gasteiger partial charge in [-0.3, -0.25) is 9.78 Å². The first-order valence-electron chi connectivity index (χ1n) is 7.15. The number of nitrogens with zero attached hydrogens (tertiary/aromatic N) is 1. The smallest absolute Gasteiger partial charge is 0.337 e. The molecule has 0 spiro atoms. The monoisotopic (exact) mass is 327 g/mol. The van der Waals surface area contributed by atoms with Crippen LogP contribution in [-0.2, 0) is 11.2 Å². The van der Waals surface area contributed by atoms with Crippen LogP contribution >= 0.6 is 0 Å². The van der Waals surface area contributed by atoms with Crippen LogP contribution in [-0.4, -0.2) is 38.2 Å². The number of carboxylic acids is 2. The molecule has 1 aromatic carbocycles. The van der Waals surface area contributed by atoms with Gasteiger partial charge in [-0.05, 0) is 23.8 Å². The van der Waals surface area contributed by atoms with E-state index in [4.69, 9.17) is 15.9 Å². The summed E-state index contributed by atoms with van der Waals surface area (Å²) in [6.45, 7) is 0. The summed E-state index contributed by atoms with van der Waals surface area (Å²) >= 11 is 0. The van der Waals surface area contributed by atoms with Crippen molar-refractivity contribution in [3.63, 3.8) is 0 Å². The molecule has 2 aromatic heterocycles. The van der Waals surface area contributed by atoms with Gasteiger partial charge in [0.25, 0.3) is 0 Å². The summed E-state index contributed by atoms with van der Waals surface area (Å²) in [5.41, 5.74) is 7.65. The zero-order valence-electron chi connectivity index (χ0n) is 12.7. The molecule has 0 radical (unpaired) electrons. The van der Waals surface area contributed by atoms with Crippen molar-refractivity contribution in [1.82, 2.24) is 9.97 Å². The Morgan fingerprint density at radius 2 is 1.92 bits per heavy atom. The predicted molar refractivity (Wildman–Crippen MR) is 88.8 cm³/mol. The van der Waals surface area contributed by atoms with Crippen LogP contribution in [0.4, 0.5) is 0 Å². The molecule has 0 fully saturated rings. The van der Waals surface area contributed by atoms with Crippen LogP contribution in [0.5, 0.6) is 0 Å². The number of carbonyl (C=O) groups is 2. The number of nitrogens with two attached hydrogens (primary N) is 1. The highest BCUT2D eigenvalue weighted by Crippen LogP contribution is 2.18. The van der Waals surface area contributed by atoms with Gasteiger partial charge < -0.3 is 20.9 Å². The van der Waals surface area contributed by atoms with Crippen LogP contribution in [0, 0.1) is 0 Å². The molecule has 5 N–H and O–H groups in total. The summed E-state index contributed by atoms with van der Waals surface area (Å²) < 4.78 is 0. The van der Waals surface area contributed by atoms with Gasteiger partial charge in [-0.25, -0.2) is 4.79 Å². The number of hydrogen-bond acceptors (Lipinski definition) is 4. The highest BCUT2D eigenvalue weighted by molar-refractivity contribution is 5.87. The second kappa shape index (κ2) is 7.89. The number of benzene rings is 1. The number of nitrogens with one attached hydrogen (secondary N) is 1. The first-order chi connectivity index (χ1) is 11.5. The van der Waals surface area contributed by atoms with E-state index in [0.29, 0.717) is 6.42 Å². The van der Waals surface area contributed by atoms with E-state index in [1.54, 1.807) is 6.07 Å². The normalized spacial score (nSPS) is 11.4. The maximum Gasteiger partial charge on any atom is 0.337 e. The first kappa shape index (κ1) is 17.2. The number of pyridine rings is 1. The van der Waals surface area contributed by atoms with Gasteiger partial charge in [0.1, 0.15) is 6.04 Å². The molecule has 7 nitrogen and oxygen atoms in total. The lowest BCUT2D eigenvalue weighted by molar-refractivity contribution is -0.138. The number of aromatic carboxylic acids is 1. The standard InChI is InChI=1S/C11H12N2O2.C6H5NO2/c12-9(11(14)15)5-7-6-13-10-4-2-1-3-8(7)10;8-6(9)5-2-1-3-7-4-5/h1-4,6,9,13H,5,12H2,(H,14,15);1-4H,(H,8,9)/t9-;/m0./s1. The summed E-state index contributed by atoms with van der Waals surface area (Å²) in [6.07, 6.45) is 5.00. The zero-order valence-corrected chi connectivity index (χ0v) is 12.7. The van der Waals surface area contributed by atoms with Crippen molar-refractivity contribution in [3.8, 4) is 0 Å². The summed E-state index contributed by atoms with van der Waals surface area (Å²) in [5.74, 6) is -1.91. The molecular formula is C17H17N3O4. The molecule has 24 heavy (non-hydrogen) atoms. The van der Waals surface area contributed by atoms with Crippen molar-refractivity contribution in [1.29, 1.82) is 0 Å². The molecule has 0 amide bonds. The largest absolute Gasteiger partial charge is 0.480 e. The zero-order chi connectivity index (χ0) is 17.5. The molecule has 0 aliphatic rings. The van der Waals surface area contributed by atoms with E-state index >= 15 is 0 Å². The average Bonchev–Trinajstić information content (AvgIpc) is 2.99. The number of para-hydroxylation sites is 1. The molecule has 7 heteroatoms. The lowest BCUT2D eigenvalue weighted by atomic mass is 10.1. The number of fused-ring (bicyclic) bond motifs is 1. The molecule has 2 heterocycles. The summed E-state index contributed by atoms with van der Waals surface area (Å²) in [4.78, 5) is 27.5. The van der Waals surface area contributed by atoms with Crippen molar-refractivity contribution in [3.05, 3.63) is 66.1 Å². The van der Waals surface area contributed by atoms with Gasteiger partial charge in [0.15, 0.2) is 0 Å². The molecule has 1 atom stereocenters. The van der Waals surface area contributed by atoms with Crippen LogP contribution in [0.2, 0.25) is 0 Å². The molecule has 3 rings (SSSR count). The van der Waals surface area contributed by atoms with E-state index in [1.807, 2.05) is 30.5 Å². The first-order valence-corrected chi connectivity index (χ1v) is 7.15. The Morgan fingerprint density at radius 3 is 2.50 bits per heavy atom. The fourth-order valence-electron chi connectivity index (χ4n) is 2.11. The third kappa shape index (κ3) is 4.40. The lowest BCUT2D eigenvalue weighted by Crippen LogP contribution is -2.32. The SMILES string of the molecule is N[C@@H](Cc1c[nH]c2ccccc12)C(=O)O.O=C(O)c1cccnc1. The van der Waals surface area contributed by atoms with E-state index < -0.39 is 18.0 Å². The molecule has 0 aliphatic carbocycles. The summed E-state index contributed by atoms with van der Waals surface area (Å²) in [6, 6.07) is 10.00. The van der Waals surface area contributed by atoms with Gasteiger partial charge in [-0.15, -0.1) is 0 Å². The highest BCUT2D eigenvalue weighted by atomic mass is 16.4. The highest BCUT2D eigenvalue weighted by Gasteiger charge is 2.14. The number of rotatable bonds is 4. The van der Waals surface area contributed by atoms with Gasteiger partial charge in [-0.1, -0.05) is 18.2 Å². The van der Waals surface area contributed by atoms with Crippen LogP contribution in [0.25, 0.3) is 10.9 Å². The predicted octanol–water partition coefficient (Wildman–Crippen LogP) is 1.90. The third-order valence-electron chi connectivity index (χ3n) is 3.34. The molecule has 124 valence electrons. The second-order valence-electron chi connectivity index (χ2n) is 5.06. The Bertz CT molecular complexity index is 830. The molecule has 3 aromatic rings. The second-order valence-corrected chi connectivity index (χ2v) is 5.06. The fraction of sp³-hybridized carbons (Fsp3) is 0.118. The third-order valence-corrected chi connectivity index (χ3v) is 3.34. The average molecular weight is 327 g/mol. The lowest BCUT2D eigenvalue weighted by Gasteiger charge is -2.04. The Labute approximate surface area is 137 Å². The Balaban J connectivity index is 0.000000198. The van der Waals surface area contributed by atoms with Gasteiger partial charge in [0.2, 0.25) is 0 Å². The van der Waals surface area contributed by atoms with Crippen molar-refractivity contribution in [2.45, 2.75) is 12.5 Å². The molecule has 0 saturated heterocycles. The van der Waals surface area contributed by atoms with Gasteiger partial charge in [0, 0.05) is 35.9 Å².